The predicted octanol–water partition coefficient (Wildman–Crippen LogP) is 2.27. The molecule has 7 heteroatoms. The van der Waals surface area contributed by atoms with E-state index in [1.165, 1.54) is 5.56 Å². The Balaban J connectivity index is 1.40. The van der Waals surface area contributed by atoms with Crippen molar-refractivity contribution in [1.82, 2.24) is 9.62 Å². The fourth-order valence-corrected chi connectivity index (χ4v) is 4.70. The Labute approximate surface area is 166 Å². The summed E-state index contributed by atoms with van der Waals surface area (Å²) >= 11 is 0. The van der Waals surface area contributed by atoms with Crippen molar-refractivity contribution in [2.45, 2.75) is 26.3 Å². The third-order valence-electron chi connectivity index (χ3n) is 4.84. The van der Waals surface area contributed by atoms with Gasteiger partial charge in [0.25, 0.3) is 5.91 Å². The Morgan fingerprint density at radius 1 is 1.11 bits per heavy atom. The van der Waals surface area contributed by atoms with Gasteiger partial charge in [0.2, 0.25) is 10.0 Å². The van der Waals surface area contributed by atoms with Crippen LogP contribution in [-0.4, -0.2) is 44.1 Å². The van der Waals surface area contributed by atoms with Crippen LogP contribution in [0.1, 0.15) is 23.1 Å². The van der Waals surface area contributed by atoms with Gasteiger partial charge in [0.05, 0.1) is 5.75 Å². The minimum absolute atomic E-state index is 0.0219. The molecule has 0 radical (unpaired) electrons. The molecule has 1 aliphatic heterocycles. The number of sulfonamides is 1. The van der Waals surface area contributed by atoms with E-state index in [9.17, 15) is 13.2 Å². The molecule has 150 valence electrons. The molecule has 0 unspecified atom stereocenters. The number of aryl methyl sites for hydroxylation is 1. The summed E-state index contributed by atoms with van der Waals surface area (Å²) in [5.74, 6) is 0.437. The number of hydrogen-bond donors (Lipinski definition) is 1. The van der Waals surface area contributed by atoms with Gasteiger partial charge in [-0.1, -0.05) is 42.5 Å². The Hall–Kier alpha value is -2.38. The molecule has 0 saturated heterocycles. The summed E-state index contributed by atoms with van der Waals surface area (Å²) < 4.78 is 32.2. The molecule has 0 saturated carbocycles. The normalized spacial score (nSPS) is 14.3. The maximum Gasteiger partial charge on any atom is 0.257 e. The van der Waals surface area contributed by atoms with Gasteiger partial charge >= 0.3 is 0 Å². The minimum Gasteiger partial charge on any atom is -0.484 e. The fourth-order valence-electron chi connectivity index (χ4n) is 3.23. The van der Waals surface area contributed by atoms with Crippen LogP contribution in [0, 0.1) is 6.92 Å². The van der Waals surface area contributed by atoms with E-state index in [0.29, 0.717) is 31.8 Å². The molecule has 0 aromatic heterocycles. The largest absolute Gasteiger partial charge is 0.484 e. The van der Waals surface area contributed by atoms with E-state index in [0.717, 1.165) is 17.5 Å². The maximum absolute atomic E-state index is 12.6. The van der Waals surface area contributed by atoms with E-state index in [-0.39, 0.29) is 18.3 Å². The van der Waals surface area contributed by atoms with Crippen molar-refractivity contribution < 1.29 is 17.9 Å². The SMILES string of the molecule is Cc1ccccc1OCC(=O)NCCCS(=O)(=O)N1CCc2ccccc2C1. The monoisotopic (exact) mass is 402 g/mol. The van der Waals surface area contributed by atoms with Gasteiger partial charge in [0.1, 0.15) is 5.75 Å². The lowest BCUT2D eigenvalue weighted by Gasteiger charge is -2.28. The molecule has 0 spiro atoms. The minimum atomic E-state index is -3.33. The first-order valence-electron chi connectivity index (χ1n) is 9.45. The summed E-state index contributed by atoms with van der Waals surface area (Å²) in [6.45, 7) is 3.07. The average Bonchev–Trinajstić information content (AvgIpc) is 2.70. The summed E-state index contributed by atoms with van der Waals surface area (Å²) in [5, 5.41) is 2.72. The molecule has 1 amide bonds. The van der Waals surface area contributed by atoms with Crippen molar-refractivity contribution in [3.05, 3.63) is 65.2 Å². The number of amides is 1. The molecule has 0 aliphatic carbocycles. The molecule has 3 rings (SSSR count). The summed E-state index contributed by atoms with van der Waals surface area (Å²) in [6.07, 6.45) is 1.11. The number of fused-ring (bicyclic) bond motifs is 1. The smallest absolute Gasteiger partial charge is 0.257 e. The summed E-state index contributed by atoms with van der Waals surface area (Å²) in [6, 6.07) is 15.4. The van der Waals surface area contributed by atoms with Crippen LogP contribution in [0.2, 0.25) is 0 Å². The summed E-state index contributed by atoms with van der Waals surface area (Å²) in [4.78, 5) is 11.9. The molecule has 1 N–H and O–H groups in total. The van der Waals surface area contributed by atoms with Gasteiger partial charge in [-0.05, 0) is 42.5 Å². The van der Waals surface area contributed by atoms with Gasteiger partial charge in [-0.2, -0.15) is 4.31 Å². The van der Waals surface area contributed by atoms with Gasteiger partial charge < -0.3 is 10.1 Å². The van der Waals surface area contributed by atoms with Crippen molar-refractivity contribution in [2.24, 2.45) is 0 Å². The summed E-state index contributed by atoms with van der Waals surface area (Å²) in [5.41, 5.74) is 3.25. The highest BCUT2D eigenvalue weighted by Crippen LogP contribution is 2.21. The number of ether oxygens (including phenoxy) is 1. The Kier molecular flexibility index (Phi) is 6.70. The Morgan fingerprint density at radius 3 is 2.61 bits per heavy atom. The number of para-hydroxylation sites is 1. The number of hydrogen-bond acceptors (Lipinski definition) is 4. The van der Waals surface area contributed by atoms with Gasteiger partial charge in [0, 0.05) is 19.6 Å². The van der Waals surface area contributed by atoms with Crippen molar-refractivity contribution in [3.63, 3.8) is 0 Å². The number of rotatable bonds is 8. The quantitative estimate of drug-likeness (QED) is 0.688. The lowest BCUT2D eigenvalue weighted by atomic mass is 10.0. The molecule has 2 aromatic rings. The lowest BCUT2D eigenvalue weighted by molar-refractivity contribution is -0.123. The summed E-state index contributed by atoms with van der Waals surface area (Å²) in [7, 11) is -3.33. The molecule has 0 fully saturated rings. The van der Waals surface area contributed by atoms with Crippen LogP contribution in [0.15, 0.2) is 48.5 Å². The van der Waals surface area contributed by atoms with E-state index in [1.807, 2.05) is 55.5 Å². The number of carbonyl (C=O) groups excluding carboxylic acids is 1. The van der Waals surface area contributed by atoms with Crippen molar-refractivity contribution in [3.8, 4) is 5.75 Å². The fraction of sp³-hybridized carbons (Fsp3) is 0.381. The first kappa shape index (κ1) is 20.4. The molecular weight excluding hydrogens is 376 g/mol. The number of nitrogens with one attached hydrogen (secondary N) is 1. The van der Waals surface area contributed by atoms with E-state index in [1.54, 1.807) is 4.31 Å². The zero-order valence-corrected chi connectivity index (χ0v) is 16.9. The molecule has 2 aromatic carbocycles. The number of nitrogens with zero attached hydrogens (tertiary/aromatic N) is 1. The van der Waals surface area contributed by atoms with Crippen LogP contribution < -0.4 is 10.1 Å². The molecule has 0 bridgehead atoms. The first-order valence-corrected chi connectivity index (χ1v) is 11.1. The van der Waals surface area contributed by atoms with E-state index < -0.39 is 10.0 Å². The van der Waals surface area contributed by atoms with Crippen molar-refractivity contribution >= 4 is 15.9 Å². The average molecular weight is 403 g/mol. The number of benzene rings is 2. The van der Waals surface area contributed by atoms with Crippen LogP contribution in [-0.2, 0) is 27.8 Å². The lowest BCUT2D eigenvalue weighted by Crippen LogP contribution is -2.38. The molecule has 28 heavy (non-hydrogen) atoms. The van der Waals surface area contributed by atoms with Gasteiger partial charge in [0.15, 0.2) is 6.61 Å². The van der Waals surface area contributed by atoms with Crippen molar-refractivity contribution in [1.29, 1.82) is 0 Å². The third kappa shape index (κ3) is 5.33. The zero-order valence-electron chi connectivity index (χ0n) is 16.1. The molecule has 1 heterocycles. The third-order valence-corrected chi connectivity index (χ3v) is 6.75. The van der Waals surface area contributed by atoms with Crippen LogP contribution in [0.25, 0.3) is 0 Å². The second-order valence-electron chi connectivity index (χ2n) is 6.93. The van der Waals surface area contributed by atoms with E-state index in [4.69, 9.17) is 4.74 Å². The second-order valence-corrected chi connectivity index (χ2v) is 9.01. The maximum atomic E-state index is 12.6. The van der Waals surface area contributed by atoms with Crippen molar-refractivity contribution in [2.75, 3.05) is 25.4 Å². The molecule has 6 nitrogen and oxygen atoms in total. The van der Waals surface area contributed by atoms with Gasteiger partial charge in [-0.25, -0.2) is 8.42 Å². The van der Waals surface area contributed by atoms with E-state index in [2.05, 4.69) is 5.32 Å². The molecular formula is C21H26N2O4S. The molecule has 0 atom stereocenters. The highest BCUT2D eigenvalue weighted by Gasteiger charge is 2.26. The molecule has 1 aliphatic rings. The highest BCUT2D eigenvalue weighted by atomic mass is 32.2. The predicted molar refractivity (Wildman–Crippen MR) is 109 cm³/mol. The second kappa shape index (κ2) is 9.21. The van der Waals surface area contributed by atoms with E-state index >= 15 is 0 Å². The van der Waals surface area contributed by atoms with Crippen LogP contribution in [0.5, 0.6) is 5.75 Å². The van der Waals surface area contributed by atoms with Gasteiger partial charge in [-0.15, -0.1) is 0 Å². The standard InChI is InChI=1S/C21H26N2O4S/c1-17-7-2-5-10-20(17)27-16-21(24)22-12-6-14-28(25,26)23-13-11-18-8-3-4-9-19(18)15-23/h2-5,7-10H,6,11-16H2,1H3,(H,22,24). The Morgan fingerprint density at radius 2 is 1.82 bits per heavy atom. The zero-order chi connectivity index (χ0) is 20.0. The first-order chi connectivity index (χ1) is 13.5. The topological polar surface area (TPSA) is 75.7 Å². The van der Waals surface area contributed by atoms with Crippen LogP contribution in [0.4, 0.5) is 0 Å². The van der Waals surface area contributed by atoms with Crippen LogP contribution >= 0.6 is 0 Å². The van der Waals surface area contributed by atoms with Crippen LogP contribution in [0.3, 0.4) is 0 Å². The Bertz CT molecular complexity index is 928. The number of carbonyl (C=O) groups is 1. The highest BCUT2D eigenvalue weighted by molar-refractivity contribution is 7.89. The van der Waals surface area contributed by atoms with Gasteiger partial charge in [-0.3, -0.25) is 4.79 Å².